The van der Waals surface area contributed by atoms with Crippen molar-refractivity contribution in [3.63, 3.8) is 0 Å². The van der Waals surface area contributed by atoms with Gasteiger partial charge in [-0.25, -0.2) is 4.39 Å². The molecule has 0 bridgehead atoms. The molecule has 0 spiro atoms. The van der Waals surface area contributed by atoms with Crippen LogP contribution in [0.15, 0.2) is 45.4 Å². The minimum absolute atomic E-state index is 0.297. The number of halogens is 2. The summed E-state index contributed by atoms with van der Waals surface area (Å²) in [5.41, 5.74) is 8.48. The lowest BCUT2D eigenvalue weighted by atomic mass is 10.1. The van der Waals surface area contributed by atoms with Crippen molar-refractivity contribution in [3.05, 3.63) is 52.3 Å². The molecule has 0 fully saturated rings. The summed E-state index contributed by atoms with van der Waals surface area (Å²) in [5, 5.41) is 3.89. The van der Waals surface area contributed by atoms with E-state index in [1.807, 2.05) is 12.1 Å². The third kappa shape index (κ3) is 2.67. The standard InChI is InChI=1S/C15H11BrFN3O/c1-8-5-9(7-10(17)6-8)14-19-15(21-20-14)11-3-2-4-12(16)13(11)18/h2-7H,18H2,1H3. The molecule has 3 aromatic rings. The maximum Gasteiger partial charge on any atom is 0.260 e. The van der Waals surface area contributed by atoms with Crippen LogP contribution >= 0.6 is 15.9 Å². The number of hydrogen-bond donors (Lipinski definition) is 1. The molecule has 106 valence electrons. The molecule has 21 heavy (non-hydrogen) atoms. The predicted molar refractivity (Wildman–Crippen MR) is 82.0 cm³/mol. The number of anilines is 1. The Morgan fingerprint density at radius 1 is 1.24 bits per heavy atom. The molecule has 0 atom stereocenters. The molecule has 4 nitrogen and oxygen atoms in total. The number of nitrogen functional groups attached to an aromatic ring is 1. The molecule has 0 aliphatic rings. The molecule has 0 aliphatic heterocycles. The highest BCUT2D eigenvalue weighted by Gasteiger charge is 2.15. The maximum absolute atomic E-state index is 13.4. The van der Waals surface area contributed by atoms with E-state index >= 15 is 0 Å². The molecule has 0 aliphatic carbocycles. The second kappa shape index (κ2) is 5.29. The lowest BCUT2D eigenvalue weighted by Crippen LogP contribution is -1.91. The highest BCUT2D eigenvalue weighted by molar-refractivity contribution is 9.10. The zero-order valence-corrected chi connectivity index (χ0v) is 12.7. The highest BCUT2D eigenvalue weighted by Crippen LogP contribution is 2.31. The molecule has 3 rings (SSSR count). The van der Waals surface area contributed by atoms with Crippen molar-refractivity contribution in [2.75, 3.05) is 5.73 Å². The molecule has 0 unspecified atom stereocenters. The van der Waals surface area contributed by atoms with Crippen LogP contribution in [0.25, 0.3) is 22.8 Å². The fourth-order valence-electron chi connectivity index (χ4n) is 2.04. The normalized spacial score (nSPS) is 10.8. The summed E-state index contributed by atoms with van der Waals surface area (Å²) in [6, 6.07) is 10.0. The van der Waals surface area contributed by atoms with Crippen molar-refractivity contribution in [2.45, 2.75) is 6.92 Å². The summed E-state index contributed by atoms with van der Waals surface area (Å²) in [6.45, 7) is 1.81. The zero-order valence-electron chi connectivity index (χ0n) is 11.1. The molecular weight excluding hydrogens is 337 g/mol. The van der Waals surface area contributed by atoms with Gasteiger partial charge < -0.3 is 10.3 Å². The first-order chi connectivity index (χ1) is 10.0. The number of hydrogen-bond acceptors (Lipinski definition) is 4. The van der Waals surface area contributed by atoms with Crippen LogP contribution in [0, 0.1) is 12.7 Å². The topological polar surface area (TPSA) is 64.9 Å². The van der Waals surface area contributed by atoms with Gasteiger partial charge in [0.2, 0.25) is 5.82 Å². The van der Waals surface area contributed by atoms with Gasteiger partial charge in [-0.2, -0.15) is 4.98 Å². The van der Waals surface area contributed by atoms with Gasteiger partial charge in [-0.05, 0) is 58.7 Å². The summed E-state index contributed by atoms with van der Waals surface area (Å²) < 4.78 is 19.4. The first-order valence-electron chi connectivity index (χ1n) is 6.20. The van der Waals surface area contributed by atoms with Gasteiger partial charge in [0.1, 0.15) is 5.82 Å². The molecule has 0 radical (unpaired) electrons. The van der Waals surface area contributed by atoms with E-state index in [0.717, 1.165) is 10.0 Å². The number of rotatable bonds is 2. The Kier molecular flexibility index (Phi) is 3.47. The summed E-state index contributed by atoms with van der Waals surface area (Å²) in [4.78, 5) is 4.29. The number of aryl methyl sites for hydroxylation is 1. The molecule has 0 saturated heterocycles. The first-order valence-corrected chi connectivity index (χ1v) is 6.99. The van der Waals surface area contributed by atoms with E-state index in [1.54, 1.807) is 19.1 Å². The smallest absolute Gasteiger partial charge is 0.260 e. The summed E-state index contributed by atoms with van der Waals surface area (Å²) in [7, 11) is 0. The van der Waals surface area contributed by atoms with Gasteiger partial charge in [-0.3, -0.25) is 0 Å². The van der Waals surface area contributed by atoms with Crippen LogP contribution in [-0.2, 0) is 0 Å². The lowest BCUT2D eigenvalue weighted by Gasteiger charge is -2.01. The number of aromatic nitrogens is 2. The van der Waals surface area contributed by atoms with Crippen LogP contribution < -0.4 is 5.73 Å². The predicted octanol–water partition coefficient (Wildman–Crippen LogP) is 4.20. The fraction of sp³-hybridized carbons (Fsp3) is 0.0667. The average Bonchev–Trinajstić information content (AvgIpc) is 2.90. The van der Waals surface area contributed by atoms with Crippen LogP contribution in [0.5, 0.6) is 0 Å². The van der Waals surface area contributed by atoms with Crippen molar-refractivity contribution < 1.29 is 8.91 Å². The van der Waals surface area contributed by atoms with Crippen LogP contribution in [0.2, 0.25) is 0 Å². The van der Waals surface area contributed by atoms with Crippen molar-refractivity contribution in [1.82, 2.24) is 10.1 Å². The maximum atomic E-state index is 13.4. The van der Waals surface area contributed by atoms with Gasteiger partial charge in [0, 0.05) is 10.0 Å². The van der Waals surface area contributed by atoms with E-state index in [0.29, 0.717) is 28.5 Å². The van der Waals surface area contributed by atoms with E-state index in [9.17, 15) is 4.39 Å². The van der Waals surface area contributed by atoms with Crippen LogP contribution in [-0.4, -0.2) is 10.1 Å². The van der Waals surface area contributed by atoms with E-state index in [1.165, 1.54) is 12.1 Å². The summed E-state index contributed by atoms with van der Waals surface area (Å²) >= 11 is 3.35. The van der Waals surface area contributed by atoms with Crippen molar-refractivity contribution >= 4 is 21.6 Å². The van der Waals surface area contributed by atoms with E-state index < -0.39 is 0 Å². The Morgan fingerprint density at radius 2 is 2.05 bits per heavy atom. The number of nitrogens with zero attached hydrogens (tertiary/aromatic N) is 2. The van der Waals surface area contributed by atoms with Crippen molar-refractivity contribution in [2.24, 2.45) is 0 Å². The van der Waals surface area contributed by atoms with Crippen LogP contribution in [0.3, 0.4) is 0 Å². The Hall–Kier alpha value is -2.21. The van der Waals surface area contributed by atoms with Gasteiger partial charge in [-0.1, -0.05) is 11.2 Å². The first kappa shape index (κ1) is 13.8. The second-order valence-electron chi connectivity index (χ2n) is 4.64. The van der Waals surface area contributed by atoms with Gasteiger partial charge in [0.15, 0.2) is 0 Å². The third-order valence-corrected chi connectivity index (χ3v) is 3.70. The monoisotopic (exact) mass is 347 g/mol. The molecule has 0 amide bonds. The Balaban J connectivity index is 2.06. The number of nitrogens with two attached hydrogens (primary N) is 1. The Bertz CT molecular complexity index is 796. The minimum Gasteiger partial charge on any atom is -0.397 e. The molecule has 1 aromatic heterocycles. The molecule has 1 heterocycles. The van der Waals surface area contributed by atoms with Crippen molar-refractivity contribution in [1.29, 1.82) is 0 Å². The lowest BCUT2D eigenvalue weighted by molar-refractivity contribution is 0.432. The molecule has 6 heteroatoms. The SMILES string of the molecule is Cc1cc(F)cc(-c2noc(-c3cccc(Br)c3N)n2)c1. The second-order valence-corrected chi connectivity index (χ2v) is 5.50. The average molecular weight is 348 g/mol. The number of benzene rings is 2. The number of para-hydroxylation sites is 1. The minimum atomic E-state index is -0.335. The molecule has 2 N–H and O–H groups in total. The highest BCUT2D eigenvalue weighted by atomic mass is 79.9. The van der Waals surface area contributed by atoms with Gasteiger partial charge in [0.25, 0.3) is 5.89 Å². The van der Waals surface area contributed by atoms with Gasteiger partial charge in [-0.15, -0.1) is 0 Å². The van der Waals surface area contributed by atoms with E-state index in [-0.39, 0.29) is 5.82 Å². The Morgan fingerprint density at radius 3 is 2.81 bits per heavy atom. The quantitative estimate of drug-likeness (QED) is 0.705. The Labute approximate surface area is 128 Å². The van der Waals surface area contributed by atoms with Gasteiger partial charge in [0.05, 0.1) is 11.3 Å². The molecular formula is C15H11BrFN3O. The van der Waals surface area contributed by atoms with Gasteiger partial charge >= 0.3 is 0 Å². The van der Waals surface area contributed by atoms with E-state index in [4.69, 9.17) is 10.3 Å². The summed E-state index contributed by atoms with van der Waals surface area (Å²) in [5.74, 6) is 0.288. The largest absolute Gasteiger partial charge is 0.397 e. The van der Waals surface area contributed by atoms with E-state index in [2.05, 4.69) is 26.1 Å². The van der Waals surface area contributed by atoms with Crippen molar-refractivity contribution in [3.8, 4) is 22.8 Å². The molecule has 0 saturated carbocycles. The molecule has 2 aromatic carbocycles. The van der Waals surface area contributed by atoms with Crippen LogP contribution in [0.1, 0.15) is 5.56 Å². The van der Waals surface area contributed by atoms with Crippen LogP contribution in [0.4, 0.5) is 10.1 Å². The fourth-order valence-corrected chi connectivity index (χ4v) is 2.41. The summed E-state index contributed by atoms with van der Waals surface area (Å²) in [6.07, 6.45) is 0. The zero-order chi connectivity index (χ0) is 15.0. The third-order valence-electron chi connectivity index (χ3n) is 3.01.